The smallest absolute Gasteiger partial charge is 0.276 e. The number of hydrogen-bond acceptors (Lipinski definition) is 9. The van der Waals surface area contributed by atoms with Crippen LogP contribution in [0.5, 0.6) is 5.75 Å². The lowest BCUT2D eigenvalue weighted by atomic mass is 10.1. The third-order valence-corrected chi connectivity index (χ3v) is 7.11. The number of aromatic nitrogens is 8. The molecule has 5 N–H and O–H groups in total. The number of ether oxygens (including phenoxy) is 1. The van der Waals surface area contributed by atoms with Crippen LogP contribution >= 0.6 is 0 Å². The van der Waals surface area contributed by atoms with Gasteiger partial charge in [0.15, 0.2) is 11.5 Å². The number of unbranched alkanes of at least 4 members (excludes halogenated alkanes) is 1. The van der Waals surface area contributed by atoms with Gasteiger partial charge in [-0.2, -0.15) is 5.10 Å². The highest BCUT2D eigenvalue weighted by Crippen LogP contribution is 2.38. The van der Waals surface area contributed by atoms with Crippen LogP contribution < -0.4 is 21.5 Å². The molecule has 0 radical (unpaired) electrons. The van der Waals surface area contributed by atoms with Gasteiger partial charge >= 0.3 is 0 Å². The van der Waals surface area contributed by atoms with Gasteiger partial charge in [0.05, 0.1) is 23.6 Å². The Morgan fingerprint density at radius 1 is 1.18 bits per heavy atom. The second-order valence-corrected chi connectivity index (χ2v) is 9.78. The summed E-state index contributed by atoms with van der Waals surface area (Å²) in [6, 6.07) is 4.89. The normalized spacial score (nSPS) is 14.5. The van der Waals surface area contributed by atoms with E-state index < -0.39 is 5.91 Å². The first-order chi connectivity index (χ1) is 19.3. The van der Waals surface area contributed by atoms with E-state index in [9.17, 15) is 9.59 Å². The van der Waals surface area contributed by atoms with Crippen molar-refractivity contribution < 1.29 is 14.3 Å². The van der Waals surface area contributed by atoms with Crippen molar-refractivity contribution in [1.82, 2.24) is 38.9 Å². The maximum Gasteiger partial charge on any atom is 0.276 e. The Labute approximate surface area is 228 Å². The third kappa shape index (κ3) is 4.36. The first-order valence-corrected chi connectivity index (χ1v) is 13.1. The average molecular weight is 544 g/mol. The van der Waals surface area contributed by atoms with E-state index in [1.54, 1.807) is 29.2 Å². The summed E-state index contributed by atoms with van der Waals surface area (Å²) >= 11 is 0. The molecule has 14 heteroatoms. The highest BCUT2D eigenvalue weighted by atomic mass is 16.5. The van der Waals surface area contributed by atoms with Crippen LogP contribution in [0, 0.1) is 6.92 Å². The van der Waals surface area contributed by atoms with Crippen molar-refractivity contribution in [2.45, 2.75) is 52.2 Å². The first kappa shape index (κ1) is 25.3. The van der Waals surface area contributed by atoms with E-state index in [4.69, 9.17) is 21.2 Å². The van der Waals surface area contributed by atoms with Crippen molar-refractivity contribution in [2.24, 2.45) is 5.73 Å². The summed E-state index contributed by atoms with van der Waals surface area (Å²) in [4.78, 5) is 42.5. The molecule has 6 rings (SSSR count). The van der Waals surface area contributed by atoms with Gasteiger partial charge in [-0.3, -0.25) is 19.6 Å². The van der Waals surface area contributed by atoms with Gasteiger partial charge in [0.2, 0.25) is 11.9 Å². The number of carbonyl (C=O) groups excluding carboxylic acids is 2. The molecule has 1 aromatic carbocycles. The van der Waals surface area contributed by atoms with Crippen LogP contribution in [-0.2, 0) is 13.1 Å². The van der Waals surface area contributed by atoms with E-state index in [1.165, 1.54) is 6.33 Å². The van der Waals surface area contributed by atoms with Gasteiger partial charge in [-0.1, -0.05) is 0 Å². The van der Waals surface area contributed by atoms with Crippen molar-refractivity contribution in [3.8, 4) is 5.75 Å². The van der Waals surface area contributed by atoms with E-state index in [1.807, 2.05) is 23.0 Å². The summed E-state index contributed by atoms with van der Waals surface area (Å²) < 4.78 is 11.7. The predicted molar refractivity (Wildman–Crippen MR) is 147 cm³/mol. The molecular formula is C26H29N11O3. The van der Waals surface area contributed by atoms with E-state index >= 15 is 0 Å². The summed E-state index contributed by atoms with van der Waals surface area (Å²) in [6.45, 7) is 5.39. The Morgan fingerprint density at radius 3 is 2.83 bits per heavy atom. The Morgan fingerprint density at radius 2 is 2.02 bits per heavy atom. The van der Waals surface area contributed by atoms with E-state index in [-0.39, 0.29) is 11.9 Å². The molecule has 0 saturated heterocycles. The third-order valence-electron chi connectivity index (χ3n) is 7.11. The number of imidazole rings is 2. The maximum absolute atomic E-state index is 13.3. The zero-order chi connectivity index (χ0) is 28.0. The van der Waals surface area contributed by atoms with Crippen LogP contribution in [0.2, 0.25) is 0 Å². The van der Waals surface area contributed by atoms with Crippen LogP contribution in [0.1, 0.15) is 58.8 Å². The van der Waals surface area contributed by atoms with E-state index in [0.29, 0.717) is 70.7 Å². The molecule has 1 atom stereocenters. The minimum Gasteiger partial charge on any atom is -0.489 e. The van der Waals surface area contributed by atoms with Gasteiger partial charge in [-0.15, -0.1) is 0 Å². The molecule has 1 aliphatic heterocycles. The van der Waals surface area contributed by atoms with Crippen LogP contribution in [-0.4, -0.2) is 57.3 Å². The molecule has 0 aliphatic carbocycles. The summed E-state index contributed by atoms with van der Waals surface area (Å²) in [7, 11) is 0. The minimum absolute atomic E-state index is 0.0949. The number of carbonyl (C=O) groups is 2. The number of rotatable bonds is 9. The Bertz CT molecular complexity index is 1770. The van der Waals surface area contributed by atoms with Gasteiger partial charge in [0.25, 0.3) is 5.91 Å². The zero-order valence-electron chi connectivity index (χ0n) is 22.2. The van der Waals surface area contributed by atoms with Crippen LogP contribution in [0.4, 0.5) is 11.8 Å². The number of benzene rings is 1. The monoisotopic (exact) mass is 543 g/mol. The SMILES string of the molecule is CCn1nc(C)cc1C(=O)Nc1nc2cc(C(N)=O)cc3c2n1[C@@H](CCCCn1cnc2c(N)ncnc21)CO3. The van der Waals surface area contributed by atoms with Gasteiger partial charge in [0.1, 0.15) is 35.4 Å². The second-order valence-electron chi connectivity index (χ2n) is 9.78. The van der Waals surface area contributed by atoms with Crippen molar-refractivity contribution >= 4 is 45.8 Å². The van der Waals surface area contributed by atoms with E-state index in [2.05, 4.69) is 25.4 Å². The topological polar surface area (TPSA) is 187 Å². The number of nitrogens with zero attached hydrogens (tertiary/aromatic N) is 8. The fourth-order valence-electron chi connectivity index (χ4n) is 5.22. The highest BCUT2D eigenvalue weighted by molar-refractivity contribution is 6.04. The first-order valence-electron chi connectivity index (χ1n) is 13.1. The molecular weight excluding hydrogens is 514 g/mol. The van der Waals surface area contributed by atoms with Crippen molar-refractivity contribution in [3.63, 3.8) is 0 Å². The Kier molecular flexibility index (Phi) is 6.28. The van der Waals surface area contributed by atoms with Gasteiger partial charge in [0, 0.05) is 18.7 Å². The average Bonchev–Trinajstić information content (AvgIpc) is 3.64. The number of hydrogen-bond donors (Lipinski definition) is 3. The molecule has 0 fully saturated rings. The second kappa shape index (κ2) is 9.94. The molecule has 40 heavy (non-hydrogen) atoms. The largest absolute Gasteiger partial charge is 0.489 e. The lowest BCUT2D eigenvalue weighted by Gasteiger charge is -2.27. The number of aryl methyl sites for hydroxylation is 3. The van der Waals surface area contributed by atoms with Gasteiger partial charge < -0.3 is 25.3 Å². The lowest BCUT2D eigenvalue weighted by molar-refractivity contribution is 0.0995. The quantitative estimate of drug-likeness (QED) is 0.235. The standard InChI is InChI=1S/C26H29N11O3/c1-3-36-18(8-14(2)34-36)25(39)33-26-32-17-9-15(23(28)38)10-19-21(17)37(26)16(11-40-19)6-4-5-7-35-13-31-20-22(27)29-12-30-24(20)35/h8-10,12-13,16H,3-7,11H2,1-2H3,(H2,28,38)(H2,27,29,30)(H,32,33,39)/t16-/m0/s1. The lowest BCUT2D eigenvalue weighted by Crippen LogP contribution is -2.26. The molecule has 0 bridgehead atoms. The molecule has 206 valence electrons. The number of nitrogens with one attached hydrogen (secondary N) is 1. The molecule has 0 unspecified atom stereocenters. The summed E-state index contributed by atoms with van der Waals surface area (Å²) in [5.74, 6) is 0.351. The molecule has 5 aromatic rings. The summed E-state index contributed by atoms with van der Waals surface area (Å²) in [6.07, 6.45) is 5.64. The summed E-state index contributed by atoms with van der Waals surface area (Å²) in [5, 5.41) is 7.35. The molecule has 0 saturated carbocycles. The molecule has 4 aromatic heterocycles. The van der Waals surface area contributed by atoms with Gasteiger partial charge in [-0.05, 0) is 51.3 Å². The Hall–Kier alpha value is -5.01. The molecule has 2 amide bonds. The fourth-order valence-corrected chi connectivity index (χ4v) is 5.22. The minimum atomic E-state index is -0.578. The maximum atomic E-state index is 13.3. The van der Waals surface area contributed by atoms with Gasteiger partial charge in [-0.25, -0.2) is 19.9 Å². The van der Waals surface area contributed by atoms with Crippen molar-refractivity contribution in [3.05, 3.63) is 47.8 Å². The summed E-state index contributed by atoms with van der Waals surface area (Å²) in [5.41, 5.74) is 15.5. The van der Waals surface area contributed by atoms with Crippen LogP contribution in [0.25, 0.3) is 22.2 Å². The predicted octanol–water partition coefficient (Wildman–Crippen LogP) is 2.44. The Balaban J connectivity index is 1.26. The van der Waals surface area contributed by atoms with Crippen LogP contribution in [0.15, 0.2) is 30.9 Å². The number of fused-ring (bicyclic) bond motifs is 1. The number of anilines is 2. The van der Waals surface area contributed by atoms with E-state index in [0.717, 1.165) is 25.0 Å². The highest BCUT2D eigenvalue weighted by Gasteiger charge is 2.29. The molecule has 1 aliphatic rings. The molecule has 14 nitrogen and oxygen atoms in total. The molecule has 0 spiro atoms. The van der Waals surface area contributed by atoms with Crippen LogP contribution in [0.3, 0.4) is 0 Å². The number of amides is 2. The number of nitrogens with two attached hydrogens (primary N) is 2. The number of primary amides is 1. The fraction of sp³-hybridized carbons (Fsp3) is 0.346. The van der Waals surface area contributed by atoms with Crippen molar-refractivity contribution in [1.29, 1.82) is 0 Å². The number of nitrogen functional groups attached to an aromatic ring is 1. The zero-order valence-corrected chi connectivity index (χ0v) is 22.2. The molecule has 5 heterocycles. The van der Waals surface area contributed by atoms with Crippen molar-refractivity contribution in [2.75, 3.05) is 17.7 Å².